The van der Waals surface area contributed by atoms with E-state index in [9.17, 15) is 13.2 Å². The molecule has 0 aliphatic rings. The van der Waals surface area contributed by atoms with Crippen molar-refractivity contribution >= 4 is 6.72 Å². The van der Waals surface area contributed by atoms with Crippen LogP contribution in [-0.4, -0.2) is 12.9 Å². The first-order chi connectivity index (χ1) is 6.45. The third kappa shape index (κ3) is 2.34. The predicted molar refractivity (Wildman–Crippen MR) is 49.5 cm³/mol. The van der Waals surface area contributed by atoms with E-state index in [0.29, 0.717) is 0 Å². The molecule has 1 aromatic rings. The molecule has 4 heteroatoms. The summed E-state index contributed by atoms with van der Waals surface area (Å²) in [4.78, 5) is 3.10. The van der Waals surface area contributed by atoms with E-state index in [1.165, 1.54) is 12.1 Å². The second-order valence-corrected chi connectivity index (χ2v) is 3.04. The van der Waals surface area contributed by atoms with Crippen LogP contribution in [0.15, 0.2) is 29.3 Å². The van der Waals surface area contributed by atoms with Crippen molar-refractivity contribution in [2.75, 3.05) is 0 Å². The summed E-state index contributed by atoms with van der Waals surface area (Å²) in [6.07, 6.45) is -4.37. The zero-order valence-electron chi connectivity index (χ0n) is 7.67. The van der Waals surface area contributed by atoms with Gasteiger partial charge in [0, 0.05) is 0 Å². The number of aliphatic imine (C=N–C) groups is 1. The molecular formula is C10H10F3N. The quantitative estimate of drug-likeness (QED) is 0.651. The fourth-order valence-electron chi connectivity index (χ4n) is 1.24. The third-order valence-corrected chi connectivity index (χ3v) is 1.85. The van der Waals surface area contributed by atoms with Crippen LogP contribution in [0.4, 0.5) is 13.2 Å². The van der Waals surface area contributed by atoms with Crippen LogP contribution in [0.3, 0.4) is 0 Å². The summed E-state index contributed by atoms with van der Waals surface area (Å²) in [6, 6.07) is 4.36. The molecular weight excluding hydrogens is 191 g/mol. The molecule has 0 saturated heterocycles. The first kappa shape index (κ1) is 10.8. The first-order valence-electron chi connectivity index (χ1n) is 4.04. The molecule has 0 radical (unpaired) electrons. The molecule has 0 heterocycles. The van der Waals surface area contributed by atoms with Crippen molar-refractivity contribution in [3.8, 4) is 0 Å². The van der Waals surface area contributed by atoms with Crippen LogP contribution in [0.5, 0.6) is 0 Å². The van der Waals surface area contributed by atoms with E-state index in [1.807, 2.05) is 0 Å². The smallest absolute Gasteiger partial charge is 0.283 e. The van der Waals surface area contributed by atoms with Crippen molar-refractivity contribution in [3.05, 3.63) is 35.4 Å². The van der Waals surface area contributed by atoms with E-state index >= 15 is 0 Å². The van der Waals surface area contributed by atoms with Gasteiger partial charge in [-0.3, -0.25) is 4.99 Å². The Morgan fingerprint density at radius 1 is 1.36 bits per heavy atom. The number of rotatable bonds is 2. The molecule has 1 unspecified atom stereocenters. The Balaban J connectivity index is 3.07. The topological polar surface area (TPSA) is 12.4 Å². The summed E-state index contributed by atoms with van der Waals surface area (Å²) in [5.41, 5.74) is 0.910. The van der Waals surface area contributed by atoms with Gasteiger partial charge in [-0.2, -0.15) is 13.2 Å². The molecule has 0 bridgehead atoms. The molecule has 1 atom stereocenters. The van der Waals surface area contributed by atoms with Crippen molar-refractivity contribution in [2.24, 2.45) is 4.99 Å². The van der Waals surface area contributed by atoms with Crippen molar-refractivity contribution in [1.82, 2.24) is 0 Å². The Bertz CT molecular complexity index is 330. The highest BCUT2D eigenvalue weighted by Gasteiger charge is 2.40. The average molecular weight is 201 g/mol. The molecule has 0 fully saturated rings. The van der Waals surface area contributed by atoms with E-state index < -0.39 is 12.2 Å². The van der Waals surface area contributed by atoms with Gasteiger partial charge in [0.2, 0.25) is 0 Å². The van der Waals surface area contributed by atoms with E-state index in [1.54, 1.807) is 19.1 Å². The molecule has 0 aliphatic carbocycles. The zero-order chi connectivity index (χ0) is 10.8. The summed E-state index contributed by atoms with van der Waals surface area (Å²) in [7, 11) is 0. The summed E-state index contributed by atoms with van der Waals surface area (Å²) in [5, 5.41) is 0. The fraction of sp³-hybridized carbons (Fsp3) is 0.300. The van der Waals surface area contributed by atoms with Gasteiger partial charge in [0.1, 0.15) is 0 Å². The average Bonchev–Trinajstić information content (AvgIpc) is 2.02. The zero-order valence-corrected chi connectivity index (χ0v) is 7.67. The molecule has 0 aromatic heterocycles. The van der Waals surface area contributed by atoms with Crippen LogP contribution in [-0.2, 0) is 0 Å². The van der Waals surface area contributed by atoms with Crippen molar-refractivity contribution in [2.45, 2.75) is 19.1 Å². The largest absolute Gasteiger partial charge is 0.414 e. The normalized spacial score (nSPS) is 13.7. The SMILES string of the molecule is C=NC(c1cccc(C)c1)C(F)(F)F. The Morgan fingerprint density at radius 2 is 2.00 bits per heavy atom. The third-order valence-electron chi connectivity index (χ3n) is 1.85. The fourth-order valence-corrected chi connectivity index (χ4v) is 1.24. The van der Waals surface area contributed by atoms with Crippen LogP contribution in [0, 0.1) is 6.92 Å². The maximum absolute atomic E-state index is 12.4. The summed E-state index contributed by atoms with van der Waals surface area (Å²) in [5.74, 6) is 0. The predicted octanol–water partition coefficient (Wildman–Crippen LogP) is 3.30. The lowest BCUT2D eigenvalue weighted by molar-refractivity contribution is -0.148. The van der Waals surface area contributed by atoms with Gasteiger partial charge in [0.25, 0.3) is 0 Å². The van der Waals surface area contributed by atoms with E-state index in [4.69, 9.17) is 0 Å². The van der Waals surface area contributed by atoms with E-state index in [2.05, 4.69) is 11.7 Å². The molecule has 1 rings (SSSR count). The Morgan fingerprint density at radius 3 is 2.43 bits per heavy atom. The summed E-state index contributed by atoms with van der Waals surface area (Å²) >= 11 is 0. The standard InChI is InChI=1S/C10H10F3N/c1-7-4-3-5-8(6-7)9(14-2)10(11,12)13/h3-6,9H,2H2,1H3. The Hall–Kier alpha value is -1.32. The van der Waals surface area contributed by atoms with E-state index in [-0.39, 0.29) is 5.56 Å². The van der Waals surface area contributed by atoms with Crippen LogP contribution in [0.2, 0.25) is 0 Å². The molecule has 1 nitrogen and oxygen atoms in total. The van der Waals surface area contributed by atoms with Gasteiger partial charge < -0.3 is 0 Å². The number of hydrogen-bond acceptors (Lipinski definition) is 1. The first-order valence-corrected chi connectivity index (χ1v) is 4.04. The number of halogens is 3. The van der Waals surface area contributed by atoms with Gasteiger partial charge in [-0.25, -0.2) is 0 Å². The van der Waals surface area contributed by atoms with E-state index in [0.717, 1.165) is 5.56 Å². The minimum atomic E-state index is -4.37. The maximum Gasteiger partial charge on any atom is 0.414 e. The van der Waals surface area contributed by atoms with Gasteiger partial charge in [-0.05, 0) is 19.2 Å². The van der Waals surface area contributed by atoms with Crippen molar-refractivity contribution in [3.63, 3.8) is 0 Å². The number of hydrogen-bond donors (Lipinski definition) is 0. The van der Waals surface area contributed by atoms with Gasteiger partial charge >= 0.3 is 6.18 Å². The van der Waals surface area contributed by atoms with Gasteiger partial charge in [0.15, 0.2) is 6.04 Å². The second kappa shape index (κ2) is 3.82. The molecule has 1 aromatic carbocycles. The van der Waals surface area contributed by atoms with Crippen LogP contribution in [0.25, 0.3) is 0 Å². The molecule has 14 heavy (non-hydrogen) atoms. The van der Waals surface area contributed by atoms with Gasteiger partial charge in [0.05, 0.1) is 0 Å². The molecule has 0 spiro atoms. The lowest BCUT2D eigenvalue weighted by atomic mass is 10.0. The van der Waals surface area contributed by atoms with Crippen LogP contribution in [0.1, 0.15) is 17.2 Å². The molecule has 0 amide bonds. The van der Waals surface area contributed by atoms with Crippen molar-refractivity contribution < 1.29 is 13.2 Å². The van der Waals surface area contributed by atoms with Crippen molar-refractivity contribution in [1.29, 1.82) is 0 Å². The highest BCUT2D eigenvalue weighted by Crippen LogP contribution is 2.35. The lowest BCUT2D eigenvalue weighted by Crippen LogP contribution is -2.18. The lowest BCUT2D eigenvalue weighted by Gasteiger charge is -2.16. The highest BCUT2D eigenvalue weighted by atomic mass is 19.4. The second-order valence-electron chi connectivity index (χ2n) is 3.04. The maximum atomic E-state index is 12.4. The van der Waals surface area contributed by atoms with Gasteiger partial charge in [-0.15, -0.1) is 0 Å². The number of aryl methyl sites for hydroxylation is 1. The van der Waals surface area contributed by atoms with Crippen LogP contribution < -0.4 is 0 Å². The molecule has 76 valence electrons. The number of nitrogens with zero attached hydrogens (tertiary/aromatic N) is 1. The van der Waals surface area contributed by atoms with Gasteiger partial charge in [-0.1, -0.05) is 29.8 Å². The molecule has 0 saturated carbocycles. The molecule has 0 N–H and O–H groups in total. The number of benzene rings is 1. The number of alkyl halides is 3. The Labute approximate surface area is 80.3 Å². The highest BCUT2D eigenvalue weighted by molar-refractivity contribution is 5.31. The summed E-state index contributed by atoms with van der Waals surface area (Å²) in [6.45, 7) is 4.70. The summed E-state index contributed by atoms with van der Waals surface area (Å²) < 4.78 is 37.2. The minimum Gasteiger partial charge on any atom is -0.283 e. The Kier molecular flexibility index (Phi) is 2.93. The molecule has 0 aliphatic heterocycles. The monoisotopic (exact) mass is 201 g/mol. The minimum absolute atomic E-state index is 0.132. The van der Waals surface area contributed by atoms with Crippen LogP contribution >= 0.6 is 0 Å².